The lowest BCUT2D eigenvalue weighted by molar-refractivity contribution is -0.00472. The Morgan fingerprint density at radius 2 is 2.00 bits per heavy atom. The van der Waals surface area contributed by atoms with E-state index in [-0.39, 0.29) is 22.5 Å². The molecule has 1 aliphatic carbocycles. The van der Waals surface area contributed by atoms with Gasteiger partial charge in [0.1, 0.15) is 5.56 Å². The van der Waals surface area contributed by atoms with Gasteiger partial charge in [-0.1, -0.05) is 20.8 Å². The third kappa shape index (κ3) is 3.90. The summed E-state index contributed by atoms with van der Waals surface area (Å²) in [6.45, 7) is 6.76. The third-order valence-electron chi connectivity index (χ3n) is 4.44. The van der Waals surface area contributed by atoms with Gasteiger partial charge in [-0.2, -0.15) is 0 Å². The molecule has 0 aromatic carbocycles. The minimum absolute atomic E-state index is 0.0358. The molecule has 2 atom stereocenters. The Kier molecular flexibility index (Phi) is 4.52. The Balaban J connectivity index is 2.21. The maximum atomic E-state index is 11.8. The van der Waals surface area contributed by atoms with Crippen LogP contribution in [0.3, 0.4) is 0 Å². The molecule has 23 heavy (non-hydrogen) atoms. The number of aromatic nitrogens is 2. The first-order valence-electron chi connectivity index (χ1n) is 7.73. The summed E-state index contributed by atoms with van der Waals surface area (Å²) in [4.78, 5) is 29.6. The van der Waals surface area contributed by atoms with Crippen molar-refractivity contribution in [1.82, 2.24) is 9.55 Å². The number of aliphatic imine (C=N–C) groups is 1. The van der Waals surface area contributed by atoms with Crippen LogP contribution in [0.4, 0.5) is 0 Å². The van der Waals surface area contributed by atoms with Gasteiger partial charge in [-0.25, -0.2) is 4.79 Å². The van der Waals surface area contributed by atoms with Crippen molar-refractivity contribution >= 4 is 6.21 Å². The summed E-state index contributed by atoms with van der Waals surface area (Å²) in [5, 5.41) is 20.0. The number of nitrogens with zero attached hydrogens (tertiary/aromatic N) is 2. The molecule has 128 valence electrons. The van der Waals surface area contributed by atoms with Gasteiger partial charge in [0.05, 0.1) is 6.10 Å². The van der Waals surface area contributed by atoms with Gasteiger partial charge in [-0.15, -0.1) is 0 Å². The fourth-order valence-electron chi connectivity index (χ4n) is 3.80. The third-order valence-corrected chi connectivity index (χ3v) is 4.44. The van der Waals surface area contributed by atoms with Gasteiger partial charge in [0.2, 0.25) is 5.88 Å². The van der Waals surface area contributed by atoms with Crippen molar-refractivity contribution in [1.29, 1.82) is 0 Å². The molecule has 2 rings (SSSR count). The second kappa shape index (κ2) is 5.96. The van der Waals surface area contributed by atoms with Crippen LogP contribution >= 0.6 is 0 Å². The van der Waals surface area contributed by atoms with Crippen LogP contribution in [-0.4, -0.2) is 38.6 Å². The number of aromatic hydroxyl groups is 1. The molecule has 3 N–H and O–H groups in total. The first-order valence-corrected chi connectivity index (χ1v) is 7.73. The van der Waals surface area contributed by atoms with E-state index in [1.165, 1.54) is 13.3 Å². The minimum Gasteiger partial charge on any atom is -0.494 e. The summed E-state index contributed by atoms with van der Waals surface area (Å²) in [5.74, 6) is -0.406. The molecule has 7 nitrogen and oxygen atoms in total. The fraction of sp³-hybridized carbons (Fsp3) is 0.688. The monoisotopic (exact) mass is 323 g/mol. The van der Waals surface area contributed by atoms with Crippen LogP contribution in [0.2, 0.25) is 0 Å². The minimum atomic E-state index is -0.672. The molecule has 7 heteroatoms. The van der Waals surface area contributed by atoms with Crippen molar-refractivity contribution < 1.29 is 10.2 Å². The van der Waals surface area contributed by atoms with Crippen molar-refractivity contribution in [3.8, 4) is 5.88 Å². The molecule has 1 aromatic rings. The van der Waals surface area contributed by atoms with E-state index >= 15 is 0 Å². The van der Waals surface area contributed by atoms with Crippen LogP contribution in [0.5, 0.6) is 5.88 Å². The normalized spacial score (nSPS) is 27.4. The van der Waals surface area contributed by atoms with Gasteiger partial charge < -0.3 is 10.2 Å². The molecule has 0 bridgehead atoms. The first-order chi connectivity index (χ1) is 10.5. The van der Waals surface area contributed by atoms with E-state index in [1.54, 1.807) is 0 Å². The van der Waals surface area contributed by atoms with Gasteiger partial charge in [-0.05, 0) is 30.1 Å². The highest BCUT2D eigenvalue weighted by molar-refractivity contribution is 5.81. The molecular formula is C16H25N3O4. The largest absolute Gasteiger partial charge is 0.494 e. The summed E-state index contributed by atoms with van der Waals surface area (Å²) < 4.78 is 0.956. The van der Waals surface area contributed by atoms with E-state index in [0.717, 1.165) is 17.4 Å². The molecular weight excluding hydrogens is 298 g/mol. The van der Waals surface area contributed by atoms with Crippen LogP contribution < -0.4 is 11.2 Å². The van der Waals surface area contributed by atoms with Crippen molar-refractivity contribution in [3.63, 3.8) is 0 Å². The molecule has 0 aliphatic heterocycles. The molecule has 1 fully saturated rings. The number of rotatable bonds is 3. The molecule has 0 radical (unpaired) electrons. The zero-order valence-corrected chi connectivity index (χ0v) is 14.1. The quantitative estimate of drug-likeness (QED) is 0.714. The molecule has 2 unspecified atom stereocenters. The molecule has 1 heterocycles. The number of aliphatic hydroxyl groups excluding tert-OH is 1. The maximum Gasteiger partial charge on any atom is 0.330 e. The molecule has 0 spiro atoms. The lowest BCUT2D eigenvalue weighted by Crippen LogP contribution is -2.40. The van der Waals surface area contributed by atoms with Crippen LogP contribution in [0.1, 0.15) is 45.6 Å². The van der Waals surface area contributed by atoms with Crippen molar-refractivity contribution in [2.24, 2.45) is 22.9 Å². The molecule has 0 amide bonds. The summed E-state index contributed by atoms with van der Waals surface area (Å²) in [6.07, 6.45) is 3.29. The Hall–Kier alpha value is -1.89. The second-order valence-electron chi connectivity index (χ2n) is 7.74. The lowest BCUT2D eigenvalue weighted by atomic mass is 9.63. The summed E-state index contributed by atoms with van der Waals surface area (Å²) in [5.41, 5.74) is -1.50. The zero-order chi connectivity index (χ0) is 17.4. The Morgan fingerprint density at radius 3 is 2.61 bits per heavy atom. The number of aromatic amines is 1. The fourth-order valence-corrected chi connectivity index (χ4v) is 3.80. The summed E-state index contributed by atoms with van der Waals surface area (Å²) in [6, 6.07) is 0. The Bertz CT molecular complexity index is 732. The van der Waals surface area contributed by atoms with E-state index in [9.17, 15) is 19.8 Å². The van der Waals surface area contributed by atoms with E-state index in [0.29, 0.717) is 13.0 Å². The van der Waals surface area contributed by atoms with Crippen LogP contribution in [0, 0.1) is 10.8 Å². The highest BCUT2D eigenvalue weighted by Crippen LogP contribution is 2.46. The van der Waals surface area contributed by atoms with Gasteiger partial charge in [0, 0.05) is 19.8 Å². The standard InChI is InChI=1S/C16H25N3O4/c1-15(2)5-10(20)6-16(3,8-15)9-17-7-11-12(21)18-14(23)19(4)13(11)22/h7,10,20,22H,5-6,8-9H2,1-4H3,(H,18,21,23). The first kappa shape index (κ1) is 17.5. The lowest BCUT2D eigenvalue weighted by Gasteiger charge is -2.44. The topological polar surface area (TPSA) is 108 Å². The van der Waals surface area contributed by atoms with Crippen LogP contribution in [0.15, 0.2) is 14.6 Å². The summed E-state index contributed by atoms with van der Waals surface area (Å²) >= 11 is 0. The number of hydrogen-bond donors (Lipinski definition) is 3. The molecule has 1 aromatic heterocycles. The highest BCUT2D eigenvalue weighted by Gasteiger charge is 2.40. The zero-order valence-electron chi connectivity index (χ0n) is 14.1. The number of H-pyrrole nitrogens is 1. The second-order valence-corrected chi connectivity index (χ2v) is 7.74. The van der Waals surface area contributed by atoms with Gasteiger partial charge in [-0.3, -0.25) is 19.3 Å². The van der Waals surface area contributed by atoms with Crippen LogP contribution in [0.25, 0.3) is 0 Å². The predicted octanol–water partition coefficient (Wildman–Crippen LogP) is 0.775. The average Bonchev–Trinajstić information content (AvgIpc) is 2.37. The average molecular weight is 323 g/mol. The molecule has 1 saturated carbocycles. The summed E-state index contributed by atoms with van der Waals surface area (Å²) in [7, 11) is 1.37. The predicted molar refractivity (Wildman–Crippen MR) is 88.2 cm³/mol. The Morgan fingerprint density at radius 1 is 1.35 bits per heavy atom. The van der Waals surface area contributed by atoms with Gasteiger partial charge in [0.25, 0.3) is 5.56 Å². The van der Waals surface area contributed by atoms with Gasteiger partial charge in [0.15, 0.2) is 0 Å². The molecule has 1 aliphatic rings. The maximum absolute atomic E-state index is 11.8. The SMILES string of the molecule is Cn1c(O)c(C=NCC2(C)CC(O)CC(C)(C)C2)c(=O)[nH]c1=O. The van der Waals surface area contributed by atoms with Crippen molar-refractivity contribution in [2.45, 2.75) is 46.1 Å². The van der Waals surface area contributed by atoms with Crippen molar-refractivity contribution in [3.05, 3.63) is 26.4 Å². The highest BCUT2D eigenvalue weighted by atomic mass is 16.3. The van der Waals surface area contributed by atoms with Crippen molar-refractivity contribution in [2.75, 3.05) is 6.54 Å². The molecule has 0 saturated heterocycles. The number of aliphatic hydroxyl groups is 1. The van der Waals surface area contributed by atoms with E-state index in [2.05, 4.69) is 30.7 Å². The van der Waals surface area contributed by atoms with E-state index < -0.39 is 17.1 Å². The number of hydrogen-bond acceptors (Lipinski definition) is 5. The smallest absolute Gasteiger partial charge is 0.330 e. The van der Waals surface area contributed by atoms with E-state index in [4.69, 9.17) is 0 Å². The number of nitrogens with one attached hydrogen (secondary N) is 1. The van der Waals surface area contributed by atoms with Crippen LogP contribution in [-0.2, 0) is 7.05 Å². The Labute approximate surface area is 134 Å². The van der Waals surface area contributed by atoms with E-state index in [1.807, 2.05) is 0 Å². The van der Waals surface area contributed by atoms with Gasteiger partial charge >= 0.3 is 5.69 Å².